The van der Waals surface area contributed by atoms with Crippen LogP contribution in [0.3, 0.4) is 0 Å². The van der Waals surface area contributed by atoms with Crippen molar-refractivity contribution in [2.75, 3.05) is 7.11 Å². The number of ether oxygens (including phenoxy) is 2. The van der Waals surface area contributed by atoms with Crippen molar-refractivity contribution in [3.63, 3.8) is 0 Å². The molecule has 2 rings (SSSR count). The molecule has 0 fully saturated rings. The largest absolute Gasteiger partial charge is 0.496 e. The average molecular weight is 338 g/mol. The number of carbonyl (C=O) groups is 1. The fourth-order valence-electron chi connectivity index (χ4n) is 1.63. The van der Waals surface area contributed by atoms with Crippen molar-refractivity contribution in [1.82, 2.24) is 4.98 Å². The highest BCUT2D eigenvalue weighted by molar-refractivity contribution is 9.10. The molecule has 6 heteroatoms. The Morgan fingerprint density at radius 1 is 1.35 bits per heavy atom. The molecule has 0 saturated heterocycles. The van der Waals surface area contributed by atoms with Crippen LogP contribution in [-0.2, 0) is 6.61 Å². The molecule has 0 bridgehead atoms. The van der Waals surface area contributed by atoms with E-state index in [-0.39, 0.29) is 18.1 Å². The first-order valence-corrected chi connectivity index (χ1v) is 6.54. The normalized spacial score (nSPS) is 10.1. The average Bonchev–Trinajstić information content (AvgIpc) is 2.45. The van der Waals surface area contributed by atoms with Gasteiger partial charge in [0.2, 0.25) is 0 Å². The third-order valence-electron chi connectivity index (χ3n) is 2.58. The highest BCUT2D eigenvalue weighted by Crippen LogP contribution is 2.26. The maximum atomic E-state index is 11.0. The molecule has 1 aromatic heterocycles. The minimum Gasteiger partial charge on any atom is -0.496 e. The zero-order valence-corrected chi connectivity index (χ0v) is 12.3. The van der Waals surface area contributed by atoms with E-state index in [0.717, 1.165) is 15.8 Å². The van der Waals surface area contributed by atoms with Crippen molar-refractivity contribution in [2.24, 2.45) is 0 Å². The van der Waals surface area contributed by atoms with Crippen LogP contribution < -0.4 is 9.47 Å². The van der Waals surface area contributed by atoms with Gasteiger partial charge in [-0.2, -0.15) is 0 Å². The number of hydrogen-bond donors (Lipinski definition) is 1. The van der Waals surface area contributed by atoms with Gasteiger partial charge in [-0.25, -0.2) is 9.78 Å². The molecular formula is C14H12BrNO4. The lowest BCUT2D eigenvalue weighted by Gasteiger charge is -2.09. The highest BCUT2D eigenvalue weighted by atomic mass is 79.9. The monoisotopic (exact) mass is 337 g/mol. The van der Waals surface area contributed by atoms with Crippen molar-refractivity contribution in [3.8, 4) is 11.5 Å². The number of pyridine rings is 1. The summed E-state index contributed by atoms with van der Waals surface area (Å²) in [6.07, 6.45) is 1.42. The van der Waals surface area contributed by atoms with Crippen molar-refractivity contribution in [2.45, 2.75) is 6.61 Å². The Morgan fingerprint density at radius 3 is 2.80 bits per heavy atom. The number of rotatable bonds is 5. The van der Waals surface area contributed by atoms with Gasteiger partial charge in [0, 0.05) is 6.20 Å². The molecule has 2 aromatic rings. The second-order valence-electron chi connectivity index (χ2n) is 3.91. The van der Waals surface area contributed by atoms with Gasteiger partial charge < -0.3 is 14.6 Å². The van der Waals surface area contributed by atoms with Crippen LogP contribution in [0.1, 0.15) is 16.1 Å². The third kappa shape index (κ3) is 3.27. The van der Waals surface area contributed by atoms with Crippen LogP contribution in [0.4, 0.5) is 0 Å². The highest BCUT2D eigenvalue weighted by Gasteiger charge is 2.12. The van der Waals surface area contributed by atoms with Crippen molar-refractivity contribution >= 4 is 21.9 Å². The van der Waals surface area contributed by atoms with Crippen LogP contribution in [0, 0.1) is 0 Å². The van der Waals surface area contributed by atoms with Crippen LogP contribution in [-0.4, -0.2) is 23.2 Å². The fraction of sp³-hybridized carbons (Fsp3) is 0.143. The van der Waals surface area contributed by atoms with E-state index in [1.54, 1.807) is 19.2 Å². The molecule has 20 heavy (non-hydrogen) atoms. The second kappa shape index (κ2) is 6.38. The summed E-state index contributed by atoms with van der Waals surface area (Å²) in [7, 11) is 1.59. The molecule has 104 valence electrons. The Bertz CT molecular complexity index is 630. The van der Waals surface area contributed by atoms with Gasteiger partial charge in [-0.1, -0.05) is 6.07 Å². The lowest BCUT2D eigenvalue weighted by atomic mass is 10.2. The molecule has 0 atom stereocenters. The Morgan fingerprint density at radius 2 is 2.15 bits per heavy atom. The smallest absolute Gasteiger partial charge is 0.358 e. The van der Waals surface area contributed by atoms with Crippen LogP contribution >= 0.6 is 15.9 Å². The molecule has 0 saturated carbocycles. The summed E-state index contributed by atoms with van der Waals surface area (Å²) in [6, 6.07) is 8.72. The second-order valence-corrected chi connectivity index (χ2v) is 4.77. The summed E-state index contributed by atoms with van der Waals surface area (Å²) >= 11 is 3.38. The van der Waals surface area contributed by atoms with E-state index in [1.165, 1.54) is 6.20 Å². The molecule has 1 aromatic carbocycles. The van der Waals surface area contributed by atoms with E-state index in [4.69, 9.17) is 14.6 Å². The Kier molecular flexibility index (Phi) is 4.57. The van der Waals surface area contributed by atoms with Gasteiger partial charge in [0.15, 0.2) is 11.4 Å². The molecule has 1 heterocycles. The fourth-order valence-corrected chi connectivity index (χ4v) is 2.22. The molecule has 0 aliphatic heterocycles. The third-order valence-corrected chi connectivity index (χ3v) is 3.20. The van der Waals surface area contributed by atoms with Gasteiger partial charge in [0.05, 0.1) is 11.6 Å². The van der Waals surface area contributed by atoms with Crippen molar-refractivity contribution in [1.29, 1.82) is 0 Å². The zero-order chi connectivity index (χ0) is 14.5. The summed E-state index contributed by atoms with van der Waals surface area (Å²) in [5.41, 5.74) is 0.790. The number of carboxylic acid groups (broad SMARTS) is 1. The van der Waals surface area contributed by atoms with Gasteiger partial charge in [0.25, 0.3) is 0 Å². The molecule has 0 radical (unpaired) electrons. The first kappa shape index (κ1) is 14.3. The number of benzene rings is 1. The maximum Gasteiger partial charge on any atom is 0.358 e. The predicted molar refractivity (Wildman–Crippen MR) is 76.2 cm³/mol. The zero-order valence-electron chi connectivity index (χ0n) is 10.7. The summed E-state index contributed by atoms with van der Waals surface area (Å²) in [5, 5.41) is 9.01. The SMILES string of the molecule is COc1ccc(COc2cccnc2C(=O)O)cc1Br. The Balaban J connectivity index is 2.13. The number of methoxy groups -OCH3 is 1. The molecule has 0 unspecified atom stereocenters. The lowest BCUT2D eigenvalue weighted by molar-refractivity contribution is 0.0685. The van der Waals surface area contributed by atoms with Crippen LogP contribution in [0.25, 0.3) is 0 Å². The first-order valence-electron chi connectivity index (χ1n) is 5.75. The van der Waals surface area contributed by atoms with Gasteiger partial charge >= 0.3 is 5.97 Å². The molecule has 0 amide bonds. The summed E-state index contributed by atoms with van der Waals surface area (Å²) < 4.78 is 11.5. The van der Waals surface area contributed by atoms with Crippen LogP contribution in [0.15, 0.2) is 41.0 Å². The molecule has 0 aliphatic rings. The standard InChI is InChI=1S/C14H12BrNO4/c1-19-11-5-4-9(7-10(11)15)8-20-12-3-2-6-16-13(12)14(17)18/h2-7H,8H2,1H3,(H,17,18). The van der Waals surface area contributed by atoms with E-state index in [9.17, 15) is 4.79 Å². The Labute approximate surface area is 124 Å². The molecule has 5 nitrogen and oxygen atoms in total. The van der Waals surface area contributed by atoms with Crippen LogP contribution in [0.5, 0.6) is 11.5 Å². The Hall–Kier alpha value is -2.08. The summed E-state index contributed by atoms with van der Waals surface area (Å²) in [5.74, 6) is -0.148. The van der Waals surface area contributed by atoms with E-state index in [2.05, 4.69) is 20.9 Å². The minimum atomic E-state index is -1.11. The molecule has 0 spiro atoms. The molecular weight excluding hydrogens is 326 g/mol. The minimum absolute atomic E-state index is 0.0972. The molecule has 1 N–H and O–H groups in total. The predicted octanol–water partition coefficient (Wildman–Crippen LogP) is 3.13. The summed E-state index contributed by atoms with van der Waals surface area (Å²) in [4.78, 5) is 14.8. The number of aromatic carboxylic acids is 1. The van der Waals surface area contributed by atoms with Crippen molar-refractivity contribution < 1.29 is 19.4 Å². The number of nitrogens with zero attached hydrogens (tertiary/aromatic N) is 1. The number of aromatic nitrogens is 1. The topological polar surface area (TPSA) is 68.7 Å². The quantitative estimate of drug-likeness (QED) is 0.907. The van der Waals surface area contributed by atoms with Gasteiger partial charge in [-0.3, -0.25) is 0 Å². The van der Waals surface area contributed by atoms with E-state index in [1.807, 2.05) is 18.2 Å². The van der Waals surface area contributed by atoms with E-state index >= 15 is 0 Å². The number of carboxylic acids is 1. The van der Waals surface area contributed by atoms with Gasteiger partial charge in [-0.05, 0) is 45.8 Å². The van der Waals surface area contributed by atoms with Gasteiger partial charge in [0.1, 0.15) is 12.4 Å². The lowest BCUT2D eigenvalue weighted by Crippen LogP contribution is -2.05. The number of hydrogen-bond acceptors (Lipinski definition) is 4. The van der Waals surface area contributed by atoms with Gasteiger partial charge in [-0.15, -0.1) is 0 Å². The molecule has 0 aliphatic carbocycles. The van der Waals surface area contributed by atoms with Crippen LogP contribution in [0.2, 0.25) is 0 Å². The van der Waals surface area contributed by atoms with E-state index < -0.39 is 5.97 Å². The maximum absolute atomic E-state index is 11.0. The summed E-state index contributed by atoms with van der Waals surface area (Å²) in [6.45, 7) is 0.245. The first-order chi connectivity index (χ1) is 9.61. The van der Waals surface area contributed by atoms with Crippen molar-refractivity contribution in [3.05, 3.63) is 52.3 Å². The van der Waals surface area contributed by atoms with E-state index in [0.29, 0.717) is 0 Å². The number of halogens is 1.